The second kappa shape index (κ2) is 5.66. The second-order valence-electron chi connectivity index (χ2n) is 6.26. The van der Waals surface area contributed by atoms with E-state index in [-0.39, 0.29) is 0 Å². The van der Waals surface area contributed by atoms with E-state index in [1.165, 1.54) is 11.1 Å². The van der Waals surface area contributed by atoms with Crippen molar-refractivity contribution in [2.75, 3.05) is 20.2 Å². The maximum atomic E-state index is 10.5. The van der Waals surface area contributed by atoms with E-state index in [9.17, 15) is 5.11 Å². The van der Waals surface area contributed by atoms with Gasteiger partial charge in [0.25, 0.3) is 0 Å². The molecule has 1 heterocycles. The molecule has 0 spiro atoms. The Balaban J connectivity index is 1.71. The lowest BCUT2D eigenvalue weighted by atomic mass is 10.0. The molecular formula is C16H22BrNO2. The molecule has 1 N–H and O–H groups in total. The number of likely N-dealkylation sites (N-methyl/N-ethyl adjacent to an activating group) is 1. The number of benzene rings is 1. The highest BCUT2D eigenvalue weighted by Crippen LogP contribution is 2.35. The van der Waals surface area contributed by atoms with Crippen molar-refractivity contribution in [3.8, 4) is 5.75 Å². The maximum absolute atomic E-state index is 10.5. The van der Waals surface area contributed by atoms with Crippen LogP contribution in [0.5, 0.6) is 5.75 Å². The lowest BCUT2D eigenvalue weighted by molar-refractivity contribution is 0.0144. The van der Waals surface area contributed by atoms with Crippen molar-refractivity contribution in [2.24, 2.45) is 0 Å². The van der Waals surface area contributed by atoms with Gasteiger partial charge >= 0.3 is 0 Å². The monoisotopic (exact) mass is 339 g/mol. The quantitative estimate of drug-likeness (QED) is 0.914. The Bertz CT molecular complexity index is 497. The molecule has 1 aromatic carbocycles. The maximum Gasteiger partial charge on any atom is 0.127 e. The molecule has 2 aliphatic rings. The molecule has 110 valence electrons. The molecule has 0 unspecified atom stereocenters. The predicted octanol–water partition coefficient (Wildman–Crippen LogP) is 3.12. The van der Waals surface area contributed by atoms with Gasteiger partial charge in [0.15, 0.2) is 0 Å². The fraction of sp³-hybridized carbons (Fsp3) is 0.625. The Kier molecular flexibility index (Phi) is 4.07. The summed E-state index contributed by atoms with van der Waals surface area (Å²) in [4.78, 5) is 2.22. The molecule has 3 nitrogen and oxygen atoms in total. The van der Waals surface area contributed by atoms with Crippen LogP contribution >= 0.6 is 15.9 Å². The van der Waals surface area contributed by atoms with Crippen LogP contribution in [0.3, 0.4) is 0 Å². The molecule has 1 fully saturated rings. The Morgan fingerprint density at radius 1 is 1.35 bits per heavy atom. The van der Waals surface area contributed by atoms with Crippen molar-refractivity contribution in [1.29, 1.82) is 0 Å². The minimum absolute atomic E-state index is 0.481. The second-order valence-corrected chi connectivity index (χ2v) is 7.17. The lowest BCUT2D eigenvalue weighted by Gasteiger charge is -2.29. The van der Waals surface area contributed by atoms with Gasteiger partial charge in [0, 0.05) is 29.5 Å². The first-order valence-corrected chi connectivity index (χ1v) is 8.20. The van der Waals surface area contributed by atoms with Crippen molar-refractivity contribution in [3.05, 3.63) is 27.7 Å². The Labute approximate surface area is 129 Å². The van der Waals surface area contributed by atoms with Crippen molar-refractivity contribution in [2.45, 2.75) is 44.2 Å². The summed E-state index contributed by atoms with van der Waals surface area (Å²) >= 11 is 3.58. The van der Waals surface area contributed by atoms with E-state index in [2.05, 4.69) is 40.0 Å². The van der Waals surface area contributed by atoms with Gasteiger partial charge in [-0.25, -0.2) is 0 Å². The molecule has 0 bridgehead atoms. The summed E-state index contributed by atoms with van der Waals surface area (Å²) in [5.41, 5.74) is 2.03. The van der Waals surface area contributed by atoms with Crippen molar-refractivity contribution >= 4 is 15.9 Å². The zero-order chi connectivity index (χ0) is 14.2. The first kappa shape index (κ1) is 14.4. The molecule has 4 heteroatoms. The summed E-state index contributed by atoms with van der Waals surface area (Å²) in [6.07, 6.45) is 5.17. The van der Waals surface area contributed by atoms with E-state index in [1.54, 1.807) is 0 Å². The Morgan fingerprint density at radius 3 is 2.85 bits per heavy atom. The van der Waals surface area contributed by atoms with Crippen LogP contribution in [0.15, 0.2) is 16.6 Å². The number of nitrogens with zero attached hydrogens (tertiary/aromatic N) is 1. The highest BCUT2D eigenvalue weighted by Gasteiger charge is 2.32. The summed E-state index contributed by atoms with van der Waals surface area (Å²) < 4.78 is 6.89. The number of rotatable bonds is 4. The van der Waals surface area contributed by atoms with Gasteiger partial charge in [-0.1, -0.05) is 28.8 Å². The molecule has 20 heavy (non-hydrogen) atoms. The molecule has 1 saturated carbocycles. The van der Waals surface area contributed by atoms with Gasteiger partial charge in [-0.15, -0.1) is 0 Å². The van der Waals surface area contributed by atoms with Crippen LogP contribution in [0.1, 0.15) is 36.8 Å². The largest absolute Gasteiger partial charge is 0.493 e. The third-order valence-electron chi connectivity index (χ3n) is 4.36. The van der Waals surface area contributed by atoms with Crippen LogP contribution in [0.2, 0.25) is 0 Å². The third kappa shape index (κ3) is 3.02. The number of aliphatic hydroxyl groups is 1. The van der Waals surface area contributed by atoms with Gasteiger partial charge in [-0.2, -0.15) is 0 Å². The van der Waals surface area contributed by atoms with Crippen LogP contribution in [0.25, 0.3) is 0 Å². The molecule has 1 aliphatic heterocycles. The Hall–Kier alpha value is -0.580. The minimum atomic E-state index is -0.481. The zero-order valence-corrected chi connectivity index (χ0v) is 13.6. The van der Waals surface area contributed by atoms with E-state index in [4.69, 9.17) is 4.74 Å². The van der Waals surface area contributed by atoms with E-state index >= 15 is 0 Å². The third-order valence-corrected chi connectivity index (χ3v) is 4.82. The summed E-state index contributed by atoms with van der Waals surface area (Å²) in [7, 11) is 2.08. The van der Waals surface area contributed by atoms with Crippen LogP contribution in [0.4, 0.5) is 0 Å². The summed E-state index contributed by atoms with van der Waals surface area (Å²) in [6, 6.07) is 4.29. The van der Waals surface area contributed by atoms with E-state index in [0.29, 0.717) is 0 Å². The van der Waals surface area contributed by atoms with Gasteiger partial charge < -0.3 is 9.84 Å². The van der Waals surface area contributed by atoms with Gasteiger partial charge in [-0.05, 0) is 37.6 Å². The van der Waals surface area contributed by atoms with E-state index < -0.39 is 5.60 Å². The van der Waals surface area contributed by atoms with Crippen molar-refractivity contribution < 1.29 is 9.84 Å². The average molecular weight is 340 g/mol. The van der Waals surface area contributed by atoms with E-state index in [0.717, 1.165) is 62.0 Å². The normalized spacial score (nSPS) is 20.2. The first-order chi connectivity index (χ1) is 9.56. The number of hydrogen-bond acceptors (Lipinski definition) is 3. The molecule has 0 saturated heterocycles. The van der Waals surface area contributed by atoms with Crippen molar-refractivity contribution in [1.82, 2.24) is 4.90 Å². The summed E-state index contributed by atoms with van der Waals surface area (Å²) in [6.45, 7) is 2.35. The number of hydrogen-bond donors (Lipinski definition) is 1. The molecule has 0 aromatic heterocycles. The molecule has 0 atom stereocenters. The predicted molar refractivity (Wildman–Crippen MR) is 83.1 cm³/mol. The average Bonchev–Trinajstić information content (AvgIpc) is 2.97. The van der Waals surface area contributed by atoms with Crippen molar-refractivity contribution in [3.63, 3.8) is 0 Å². The number of ether oxygens (including phenoxy) is 1. The Morgan fingerprint density at radius 2 is 2.10 bits per heavy atom. The lowest BCUT2D eigenvalue weighted by Crippen LogP contribution is -2.38. The SMILES string of the molecule is CN(Cc1cc(Br)cc2c1OCC2)CC1(O)CCCC1. The highest BCUT2D eigenvalue weighted by molar-refractivity contribution is 9.10. The van der Waals surface area contributed by atoms with Gasteiger partial charge in [0.05, 0.1) is 12.2 Å². The first-order valence-electron chi connectivity index (χ1n) is 7.41. The molecule has 0 amide bonds. The van der Waals surface area contributed by atoms with Crippen LogP contribution in [-0.4, -0.2) is 35.8 Å². The number of fused-ring (bicyclic) bond motifs is 1. The topological polar surface area (TPSA) is 32.7 Å². The minimum Gasteiger partial charge on any atom is -0.493 e. The van der Waals surface area contributed by atoms with Crippen LogP contribution in [0, 0.1) is 0 Å². The fourth-order valence-corrected chi connectivity index (χ4v) is 4.06. The van der Waals surface area contributed by atoms with Crippen LogP contribution < -0.4 is 4.74 Å². The molecular weight excluding hydrogens is 318 g/mol. The molecule has 1 aromatic rings. The number of halogens is 1. The smallest absolute Gasteiger partial charge is 0.127 e. The summed E-state index contributed by atoms with van der Waals surface area (Å²) in [5.74, 6) is 1.05. The fourth-order valence-electron chi connectivity index (χ4n) is 3.50. The summed E-state index contributed by atoms with van der Waals surface area (Å²) in [5, 5.41) is 10.5. The van der Waals surface area contributed by atoms with Gasteiger partial charge in [0.2, 0.25) is 0 Å². The molecule has 3 rings (SSSR count). The highest BCUT2D eigenvalue weighted by atomic mass is 79.9. The van der Waals surface area contributed by atoms with Crippen LogP contribution in [-0.2, 0) is 13.0 Å². The van der Waals surface area contributed by atoms with Gasteiger partial charge in [-0.3, -0.25) is 4.90 Å². The molecule has 0 radical (unpaired) electrons. The molecule has 1 aliphatic carbocycles. The van der Waals surface area contributed by atoms with Gasteiger partial charge in [0.1, 0.15) is 5.75 Å². The van der Waals surface area contributed by atoms with E-state index in [1.807, 2.05) is 0 Å². The zero-order valence-electron chi connectivity index (χ0n) is 12.0. The standard InChI is InChI=1S/C16H22BrNO2/c1-18(11-16(19)5-2-3-6-16)10-13-9-14(17)8-12-4-7-20-15(12)13/h8-9,19H,2-7,10-11H2,1H3.